The normalized spacial score (nSPS) is 14.5. The fourth-order valence-corrected chi connectivity index (χ4v) is 13.0. The fraction of sp³-hybridized carbons (Fsp3) is 0.455. The van der Waals surface area contributed by atoms with E-state index in [1.807, 2.05) is 12.1 Å². The number of fused-ring (bicyclic) bond motifs is 1. The number of aliphatic hydroxyl groups excluding tert-OH is 13. The lowest BCUT2D eigenvalue weighted by Crippen LogP contribution is -2.63. The van der Waals surface area contributed by atoms with Crippen LogP contribution in [0, 0.1) is 0 Å². The first-order valence-electron chi connectivity index (χ1n) is 39.8. The molecule has 0 bridgehead atoms. The third-order valence-electron chi connectivity index (χ3n) is 18.9. The molecule has 2 heterocycles. The second-order valence-corrected chi connectivity index (χ2v) is 27.2. The van der Waals surface area contributed by atoms with Gasteiger partial charge in [-0.2, -0.15) is 0 Å². The summed E-state index contributed by atoms with van der Waals surface area (Å²) < 4.78 is 78.8. The summed E-state index contributed by atoms with van der Waals surface area (Å²) in [5, 5.41) is 165. The highest BCUT2D eigenvalue weighted by molar-refractivity contribution is 6.88. The molecule has 7 aromatic carbocycles. The Morgan fingerprint density at radius 3 is 0.826 bits per heavy atom. The second kappa shape index (κ2) is 54.9. The van der Waals surface area contributed by atoms with Crippen LogP contribution in [-0.4, -0.2) is 275 Å². The standard InChI is InChI=1S/C33H50B3N3O13.C33H48B3N3O12.C11H16BNO4.H2O/c37-19-25(43)22-7-1-10-28(48-16-4-13-40)31(22)34(46)51-36(33-24(27(45)21-39)9-3-12-30(33)50-18-6-15-42)52-35(47)32-23(26(44)20-38)8-2-11-29(32)49-17-5-14-41;37-19-25(43)22-7-1-10-28(46-16-4-13-40)31(22)34-49-35(32-23(26(44)20-38)8-2-11-29(32)47-17-5-14-41)51-36(50-34)33-24(27(45)21-39)9-3-12-30(33)48-18-6-15-42;13-7-10-8-3-1-4-9(16-6-2-5-14)11(8)12(15)17-10;/h1-3,7-12,25-27,40-47H,4-6,13-21,37-39H2;1-3,7-12,25-27,40-45H,4-6,13-21,37-39H2;1,3-4,10,14-15H,2,5-7,13H2;1H2. The Bertz CT molecular complexity index is 3890. The van der Waals surface area contributed by atoms with Crippen molar-refractivity contribution in [3.8, 4) is 40.2 Å². The molecule has 0 spiro atoms. The minimum Gasteiger partial charge on any atom is -0.494 e. The first-order chi connectivity index (χ1) is 58.3. The first-order valence-corrected chi connectivity index (χ1v) is 39.8. The van der Waals surface area contributed by atoms with Gasteiger partial charge in [0.15, 0.2) is 0 Å². The number of hydrogen-bond donors (Lipinski definition) is 23. The van der Waals surface area contributed by atoms with Gasteiger partial charge in [0.05, 0.1) is 89.0 Å². The van der Waals surface area contributed by atoms with Gasteiger partial charge >= 0.3 is 49.8 Å². The summed E-state index contributed by atoms with van der Waals surface area (Å²) >= 11 is 0. The molecular formula is C77H116B7N7O30. The average molecular weight is 1700 g/mol. The zero-order valence-corrected chi connectivity index (χ0v) is 67.5. The predicted molar refractivity (Wildman–Crippen MR) is 456 cm³/mol. The highest BCUT2D eigenvalue weighted by Gasteiger charge is 2.50. The van der Waals surface area contributed by atoms with Crippen molar-refractivity contribution < 1.29 is 148 Å². The maximum atomic E-state index is 11.8. The van der Waals surface area contributed by atoms with Gasteiger partial charge in [0.25, 0.3) is 0 Å². The Morgan fingerprint density at radius 1 is 0.322 bits per heavy atom. The maximum absolute atomic E-state index is 11.8. The molecule has 2 aliphatic heterocycles. The minimum absolute atomic E-state index is 0. The van der Waals surface area contributed by atoms with Crippen molar-refractivity contribution in [2.45, 2.75) is 87.7 Å². The SMILES string of the molecule is NCC(O)c1cccc(OCCCO)c1B(O)OB(OB(O)c1c(OCCCO)cccc1C(O)CN)c1c(OCCCO)cccc1C(O)CN.NCC(O)c1cccc(OCCCO)c1B1OB(c2c(OCCCO)cccc2C(O)CN)OB(c2c(OCCCO)cccc2C(O)CN)O1.NCC1OB(O)c2c(OCCCO)cccc21.O. The highest BCUT2D eigenvalue weighted by Crippen LogP contribution is 2.32. The van der Waals surface area contributed by atoms with Gasteiger partial charge in [0, 0.05) is 175 Å². The van der Waals surface area contributed by atoms with Crippen LogP contribution in [0.25, 0.3) is 0 Å². The van der Waals surface area contributed by atoms with E-state index in [1.165, 1.54) is 36.4 Å². The van der Waals surface area contributed by atoms with E-state index in [2.05, 4.69) is 0 Å². The summed E-state index contributed by atoms with van der Waals surface area (Å²) in [5.41, 5.74) is 44.6. The van der Waals surface area contributed by atoms with E-state index in [9.17, 15) is 76.4 Å². The second-order valence-electron chi connectivity index (χ2n) is 27.2. The molecule has 7 atom stereocenters. The third-order valence-corrected chi connectivity index (χ3v) is 18.9. The summed E-state index contributed by atoms with van der Waals surface area (Å²) in [5.74, 6) is 1.71. The van der Waals surface area contributed by atoms with Gasteiger partial charge in [0.1, 0.15) is 40.2 Å². The first kappa shape index (κ1) is 102. The fourth-order valence-electron chi connectivity index (χ4n) is 13.0. The molecule has 660 valence electrons. The van der Waals surface area contributed by atoms with Crippen molar-refractivity contribution in [2.75, 3.05) is 138 Å². The largest absolute Gasteiger partial charge is 0.495 e. The Morgan fingerprint density at radius 2 is 0.554 bits per heavy atom. The molecular weight excluding hydrogens is 1580 g/mol. The Balaban J connectivity index is 0.000000311. The number of rotatable bonds is 51. The molecule has 7 aromatic rings. The van der Waals surface area contributed by atoms with Gasteiger partial charge in [-0.3, -0.25) is 0 Å². The number of hydrogen-bond acceptors (Lipinski definition) is 36. The molecule has 1 fully saturated rings. The summed E-state index contributed by atoms with van der Waals surface area (Å²) in [6.45, 7) is -0.716. The zero-order chi connectivity index (χ0) is 87.0. The van der Waals surface area contributed by atoms with Crippen molar-refractivity contribution in [3.63, 3.8) is 0 Å². The van der Waals surface area contributed by atoms with Gasteiger partial charge in [0.2, 0.25) is 0 Å². The van der Waals surface area contributed by atoms with Gasteiger partial charge in [-0.15, -0.1) is 0 Å². The molecule has 0 radical (unpaired) electrons. The van der Waals surface area contributed by atoms with E-state index >= 15 is 0 Å². The summed E-state index contributed by atoms with van der Waals surface area (Å²) in [7, 11) is -10.8. The molecule has 0 aliphatic carbocycles. The van der Waals surface area contributed by atoms with E-state index in [4.69, 9.17) is 106 Å². The van der Waals surface area contributed by atoms with Crippen LogP contribution >= 0.6 is 0 Å². The quantitative estimate of drug-likeness (QED) is 0.0124. The van der Waals surface area contributed by atoms with Gasteiger partial charge in [-0.1, -0.05) is 84.9 Å². The molecule has 37 nitrogen and oxygen atoms in total. The average Bonchev–Trinajstić information content (AvgIpc) is 1.41. The predicted octanol–water partition coefficient (Wildman–Crippen LogP) is -7.71. The van der Waals surface area contributed by atoms with Crippen LogP contribution in [0.15, 0.2) is 127 Å². The van der Waals surface area contributed by atoms with Gasteiger partial charge in [-0.25, -0.2) is 0 Å². The van der Waals surface area contributed by atoms with Crippen LogP contribution in [-0.2, 0) is 27.5 Å². The molecule has 121 heavy (non-hydrogen) atoms. The van der Waals surface area contributed by atoms with Crippen molar-refractivity contribution in [2.24, 2.45) is 40.1 Å². The van der Waals surface area contributed by atoms with Gasteiger partial charge in [-0.05, 0) is 81.4 Å². The van der Waals surface area contributed by atoms with E-state index in [0.29, 0.717) is 66.7 Å². The van der Waals surface area contributed by atoms with Crippen molar-refractivity contribution in [3.05, 3.63) is 166 Å². The lowest BCUT2D eigenvalue weighted by Gasteiger charge is -2.36. The van der Waals surface area contributed by atoms with Crippen LogP contribution in [0.1, 0.15) is 127 Å². The van der Waals surface area contributed by atoms with Crippen LogP contribution < -0.4 is 112 Å². The zero-order valence-electron chi connectivity index (χ0n) is 67.5. The van der Waals surface area contributed by atoms with Crippen LogP contribution in [0.5, 0.6) is 40.2 Å². The maximum Gasteiger partial charge on any atom is 0.495 e. The number of aliphatic hydroxyl groups is 13. The lowest BCUT2D eigenvalue weighted by molar-refractivity contribution is 0.185. The summed E-state index contributed by atoms with van der Waals surface area (Å²) in [6, 6.07) is 34.4. The van der Waals surface area contributed by atoms with Gasteiger partial charge < -0.3 is 188 Å². The molecule has 9 rings (SSSR count). The molecule has 32 N–H and O–H groups in total. The summed E-state index contributed by atoms with van der Waals surface area (Å²) in [6.07, 6.45) is -5.36. The van der Waals surface area contributed by atoms with E-state index in [0.717, 1.165) is 5.56 Å². The molecule has 0 amide bonds. The van der Waals surface area contributed by atoms with Crippen LogP contribution in [0.4, 0.5) is 0 Å². The Kier molecular flexibility index (Phi) is 46.4. The molecule has 1 saturated heterocycles. The summed E-state index contributed by atoms with van der Waals surface area (Å²) in [4.78, 5) is 0. The van der Waals surface area contributed by atoms with Crippen molar-refractivity contribution in [1.29, 1.82) is 0 Å². The number of ether oxygens (including phenoxy) is 7. The van der Waals surface area contributed by atoms with E-state index in [1.54, 1.807) is 78.9 Å². The molecule has 0 saturated carbocycles. The Labute approximate surface area is 705 Å². The Hall–Kier alpha value is -7.61. The third kappa shape index (κ3) is 28.5. The topological polar surface area (TPSA) is 657 Å². The number of benzene rings is 7. The molecule has 7 unspecified atom stereocenters. The van der Waals surface area contributed by atoms with Crippen LogP contribution in [0.2, 0.25) is 0 Å². The smallest absolute Gasteiger partial charge is 0.494 e. The lowest BCUT2D eigenvalue weighted by atomic mass is 9.58. The number of nitrogens with two attached hydrogens (primary N) is 7. The monoisotopic (exact) mass is 1700 g/mol. The molecule has 0 aromatic heterocycles. The van der Waals surface area contributed by atoms with Crippen molar-refractivity contribution in [1.82, 2.24) is 0 Å². The molecule has 44 heteroatoms. The van der Waals surface area contributed by atoms with E-state index in [-0.39, 0.29) is 240 Å². The van der Waals surface area contributed by atoms with Crippen LogP contribution in [0.3, 0.4) is 0 Å². The van der Waals surface area contributed by atoms with Crippen molar-refractivity contribution >= 4 is 88.1 Å². The minimum atomic E-state index is -1.96. The highest BCUT2D eigenvalue weighted by atomic mass is 16.7. The van der Waals surface area contributed by atoms with E-state index < -0.39 is 86.5 Å². The molecule has 2 aliphatic rings.